The standard InChI is InChI=1S/C25H21ClN6O/c1-2-12-28-25(33)19-9-8-17(14-20(19)26)21-10-11-22-24(29-21)32(31-30-22)15-18-6-3-5-16-7-4-13-27-23(16)18/h3-11,13-14H,2,12,15H2,1H3,(H,28,33). The quantitative estimate of drug-likeness (QED) is 0.393. The largest absolute Gasteiger partial charge is 0.352 e. The minimum absolute atomic E-state index is 0.178. The van der Waals surface area contributed by atoms with Crippen LogP contribution in [0, 0.1) is 0 Å². The Hall–Kier alpha value is -3.84. The van der Waals surface area contributed by atoms with Crippen LogP contribution in [0.2, 0.25) is 5.02 Å². The molecule has 33 heavy (non-hydrogen) atoms. The van der Waals surface area contributed by atoms with Crippen molar-refractivity contribution in [3.63, 3.8) is 0 Å². The molecule has 0 radical (unpaired) electrons. The number of hydrogen-bond acceptors (Lipinski definition) is 5. The number of carbonyl (C=O) groups excluding carboxylic acids is 1. The summed E-state index contributed by atoms with van der Waals surface area (Å²) in [5.74, 6) is -0.178. The van der Waals surface area contributed by atoms with Gasteiger partial charge in [-0.05, 0) is 42.3 Å². The van der Waals surface area contributed by atoms with Gasteiger partial charge in [0.1, 0.15) is 5.52 Å². The number of amides is 1. The van der Waals surface area contributed by atoms with Crippen molar-refractivity contribution in [1.29, 1.82) is 0 Å². The predicted molar refractivity (Wildman–Crippen MR) is 129 cm³/mol. The van der Waals surface area contributed by atoms with E-state index in [0.29, 0.717) is 34.8 Å². The maximum Gasteiger partial charge on any atom is 0.252 e. The topological polar surface area (TPSA) is 85.6 Å². The summed E-state index contributed by atoms with van der Waals surface area (Å²) in [6.07, 6.45) is 2.65. The minimum atomic E-state index is -0.178. The van der Waals surface area contributed by atoms with E-state index < -0.39 is 0 Å². The van der Waals surface area contributed by atoms with Gasteiger partial charge in [-0.2, -0.15) is 0 Å². The number of aromatic nitrogens is 5. The van der Waals surface area contributed by atoms with Crippen molar-refractivity contribution in [1.82, 2.24) is 30.3 Å². The molecule has 0 saturated heterocycles. The second-order valence-corrected chi connectivity index (χ2v) is 8.14. The summed E-state index contributed by atoms with van der Waals surface area (Å²) in [5.41, 5.74) is 5.33. The van der Waals surface area contributed by atoms with E-state index in [1.54, 1.807) is 23.0 Å². The molecule has 3 heterocycles. The van der Waals surface area contributed by atoms with Gasteiger partial charge in [0.05, 0.1) is 28.3 Å². The van der Waals surface area contributed by atoms with Crippen LogP contribution in [0.25, 0.3) is 33.3 Å². The molecule has 8 heteroatoms. The van der Waals surface area contributed by atoms with Crippen LogP contribution in [0.1, 0.15) is 29.3 Å². The normalized spacial score (nSPS) is 11.2. The fourth-order valence-electron chi connectivity index (χ4n) is 3.77. The lowest BCUT2D eigenvalue weighted by molar-refractivity contribution is 0.0954. The van der Waals surface area contributed by atoms with Gasteiger partial charge in [0.25, 0.3) is 5.91 Å². The van der Waals surface area contributed by atoms with E-state index in [2.05, 4.69) is 20.6 Å². The molecule has 7 nitrogen and oxygen atoms in total. The van der Waals surface area contributed by atoms with Crippen LogP contribution in [0.5, 0.6) is 0 Å². The van der Waals surface area contributed by atoms with Crippen molar-refractivity contribution < 1.29 is 4.79 Å². The van der Waals surface area contributed by atoms with Gasteiger partial charge in [0.2, 0.25) is 0 Å². The third-order valence-electron chi connectivity index (χ3n) is 5.44. The molecule has 0 atom stereocenters. The molecule has 0 fully saturated rings. The first kappa shape index (κ1) is 21.0. The number of hydrogen-bond donors (Lipinski definition) is 1. The highest BCUT2D eigenvalue weighted by molar-refractivity contribution is 6.34. The third-order valence-corrected chi connectivity index (χ3v) is 5.75. The van der Waals surface area contributed by atoms with Crippen LogP contribution in [0.3, 0.4) is 0 Å². The molecule has 5 rings (SSSR count). The Bertz CT molecular complexity index is 1470. The maximum absolute atomic E-state index is 12.3. The van der Waals surface area contributed by atoms with Crippen molar-refractivity contribution in [3.8, 4) is 11.3 Å². The van der Waals surface area contributed by atoms with E-state index in [1.165, 1.54) is 0 Å². The molecule has 1 N–H and O–H groups in total. The zero-order valence-corrected chi connectivity index (χ0v) is 18.8. The van der Waals surface area contributed by atoms with Crippen LogP contribution >= 0.6 is 11.6 Å². The molecule has 0 unspecified atom stereocenters. The molecule has 3 aromatic heterocycles. The molecular formula is C25H21ClN6O. The van der Waals surface area contributed by atoms with Gasteiger partial charge < -0.3 is 5.32 Å². The number of pyridine rings is 2. The van der Waals surface area contributed by atoms with Gasteiger partial charge >= 0.3 is 0 Å². The number of carbonyl (C=O) groups is 1. The summed E-state index contributed by atoms with van der Waals surface area (Å²) >= 11 is 6.42. The number of halogens is 1. The zero-order valence-electron chi connectivity index (χ0n) is 18.0. The predicted octanol–water partition coefficient (Wildman–Crippen LogP) is 4.88. The lowest BCUT2D eigenvalue weighted by Crippen LogP contribution is -2.24. The molecule has 1 amide bonds. The van der Waals surface area contributed by atoms with Crippen LogP contribution in [-0.4, -0.2) is 37.4 Å². The van der Waals surface area contributed by atoms with Gasteiger partial charge in [-0.15, -0.1) is 5.10 Å². The maximum atomic E-state index is 12.3. The van der Waals surface area contributed by atoms with Crippen molar-refractivity contribution >= 4 is 39.6 Å². The average molecular weight is 457 g/mol. The van der Waals surface area contributed by atoms with Crippen LogP contribution in [0.15, 0.2) is 66.9 Å². The van der Waals surface area contributed by atoms with E-state index in [1.807, 2.05) is 55.5 Å². The second kappa shape index (κ2) is 8.96. The Kier molecular flexibility index (Phi) is 5.71. The number of rotatable bonds is 6. The fraction of sp³-hybridized carbons (Fsp3) is 0.160. The van der Waals surface area contributed by atoms with Crippen molar-refractivity contribution in [2.45, 2.75) is 19.9 Å². The highest BCUT2D eigenvalue weighted by atomic mass is 35.5. The average Bonchev–Trinajstić information content (AvgIpc) is 3.24. The Morgan fingerprint density at radius 2 is 1.97 bits per heavy atom. The smallest absolute Gasteiger partial charge is 0.252 e. The summed E-state index contributed by atoms with van der Waals surface area (Å²) in [7, 11) is 0. The second-order valence-electron chi connectivity index (χ2n) is 7.73. The Balaban J connectivity index is 1.49. The first-order valence-corrected chi connectivity index (χ1v) is 11.1. The molecule has 0 saturated carbocycles. The first-order chi connectivity index (χ1) is 16.1. The molecule has 0 aliphatic rings. The molecule has 5 aromatic rings. The summed E-state index contributed by atoms with van der Waals surface area (Å²) in [6, 6.07) is 19.2. The van der Waals surface area contributed by atoms with E-state index >= 15 is 0 Å². The molecule has 0 aliphatic heterocycles. The third kappa shape index (κ3) is 4.15. The Morgan fingerprint density at radius 3 is 2.82 bits per heavy atom. The summed E-state index contributed by atoms with van der Waals surface area (Å²) < 4.78 is 1.77. The zero-order chi connectivity index (χ0) is 22.8. The highest BCUT2D eigenvalue weighted by Gasteiger charge is 2.14. The van der Waals surface area contributed by atoms with Crippen molar-refractivity contribution in [2.24, 2.45) is 0 Å². The molecule has 2 aromatic carbocycles. The summed E-state index contributed by atoms with van der Waals surface area (Å²) in [4.78, 5) is 21.6. The highest BCUT2D eigenvalue weighted by Crippen LogP contribution is 2.26. The number of nitrogens with zero attached hydrogens (tertiary/aromatic N) is 5. The number of para-hydroxylation sites is 1. The van der Waals surface area contributed by atoms with Crippen molar-refractivity contribution in [2.75, 3.05) is 6.54 Å². The Morgan fingerprint density at radius 1 is 1.09 bits per heavy atom. The lowest BCUT2D eigenvalue weighted by atomic mass is 10.1. The van der Waals surface area contributed by atoms with E-state index in [9.17, 15) is 4.79 Å². The number of nitrogens with one attached hydrogen (secondary N) is 1. The monoisotopic (exact) mass is 456 g/mol. The molecule has 0 spiro atoms. The van der Waals surface area contributed by atoms with Gasteiger partial charge in [-0.3, -0.25) is 9.78 Å². The van der Waals surface area contributed by atoms with E-state index in [0.717, 1.165) is 34.1 Å². The minimum Gasteiger partial charge on any atom is -0.352 e. The number of benzene rings is 2. The van der Waals surface area contributed by atoms with Crippen LogP contribution in [-0.2, 0) is 6.54 Å². The molecule has 0 aliphatic carbocycles. The number of fused-ring (bicyclic) bond motifs is 2. The fourth-order valence-corrected chi connectivity index (χ4v) is 4.04. The summed E-state index contributed by atoms with van der Waals surface area (Å²) in [5, 5.41) is 12.9. The molecular weight excluding hydrogens is 436 g/mol. The van der Waals surface area contributed by atoms with Gasteiger partial charge in [-0.25, -0.2) is 9.67 Å². The van der Waals surface area contributed by atoms with Gasteiger partial charge in [-0.1, -0.05) is 54.1 Å². The lowest BCUT2D eigenvalue weighted by Gasteiger charge is -2.09. The SMILES string of the molecule is CCCNC(=O)c1ccc(-c2ccc3nnn(Cc4cccc5cccnc45)c3n2)cc1Cl. The Labute approximate surface area is 195 Å². The van der Waals surface area contributed by atoms with Gasteiger partial charge in [0.15, 0.2) is 5.65 Å². The summed E-state index contributed by atoms with van der Waals surface area (Å²) in [6.45, 7) is 3.11. The van der Waals surface area contributed by atoms with Crippen molar-refractivity contribution in [3.05, 3.63) is 83.0 Å². The molecule has 0 bridgehead atoms. The van der Waals surface area contributed by atoms with Gasteiger partial charge in [0, 0.05) is 23.7 Å². The van der Waals surface area contributed by atoms with E-state index in [4.69, 9.17) is 16.6 Å². The molecule has 164 valence electrons. The van der Waals surface area contributed by atoms with Crippen LogP contribution < -0.4 is 5.32 Å². The first-order valence-electron chi connectivity index (χ1n) is 10.7. The van der Waals surface area contributed by atoms with E-state index in [-0.39, 0.29) is 5.91 Å². The van der Waals surface area contributed by atoms with Crippen LogP contribution in [0.4, 0.5) is 0 Å².